The molecule has 16 heteroatoms. The van der Waals surface area contributed by atoms with Gasteiger partial charge in [0.15, 0.2) is 0 Å². The molecular formula is C31H50B7FN4O4. The molecule has 1 saturated heterocycles. The Kier molecular flexibility index (Phi) is 11.3. The number of nitrogens with zero attached hydrogens (tertiary/aromatic N) is 2. The molecule has 1 aliphatic heterocycles. The lowest BCUT2D eigenvalue weighted by Crippen LogP contribution is -2.64. The van der Waals surface area contributed by atoms with Gasteiger partial charge in [0.25, 0.3) is 0 Å². The fourth-order valence-electron chi connectivity index (χ4n) is 7.22. The molecule has 1 aliphatic rings. The third-order valence-corrected chi connectivity index (χ3v) is 10.7. The lowest BCUT2D eigenvalue weighted by atomic mass is 9.22. The highest BCUT2D eigenvalue weighted by Gasteiger charge is 2.54. The molecular weight excluding hydrogens is 587 g/mol. The molecule has 1 atom stereocenters. The van der Waals surface area contributed by atoms with E-state index < -0.39 is 21.2 Å². The van der Waals surface area contributed by atoms with Gasteiger partial charge in [-0.15, -0.1) is 0 Å². The quantitative estimate of drug-likeness (QED) is 0.179. The summed E-state index contributed by atoms with van der Waals surface area (Å²) in [6.45, 7) is 10.8. The molecule has 0 spiro atoms. The number of aldehydes is 2. The van der Waals surface area contributed by atoms with Crippen molar-refractivity contribution in [3.8, 4) is 0 Å². The number of rotatable bonds is 13. The molecule has 47 heavy (non-hydrogen) atoms. The third-order valence-electron chi connectivity index (χ3n) is 10.7. The summed E-state index contributed by atoms with van der Waals surface area (Å²) in [5.74, 6) is -0.502. The van der Waals surface area contributed by atoms with Crippen LogP contribution in [-0.4, -0.2) is 127 Å². The highest BCUT2D eigenvalue weighted by molar-refractivity contribution is 6.64. The van der Waals surface area contributed by atoms with Crippen molar-refractivity contribution < 1.29 is 23.5 Å². The number of nitrogens with one attached hydrogen (secondary N) is 2. The summed E-state index contributed by atoms with van der Waals surface area (Å²) in [4.78, 5) is 42.4. The molecule has 246 valence electrons. The first kappa shape index (κ1) is 38.8. The Morgan fingerprint density at radius 1 is 1.02 bits per heavy atom. The third kappa shape index (κ3) is 7.97. The number of anilines is 1. The zero-order chi connectivity index (χ0) is 35.8. The van der Waals surface area contributed by atoms with E-state index in [1.165, 1.54) is 6.07 Å². The van der Waals surface area contributed by atoms with Gasteiger partial charge in [0.2, 0.25) is 5.91 Å². The SMILES string of the molecule is BC(B)(Nc1cccc(C=O)c1CN(C)C(B)(C=O)C(B)(B)C(B)(B)C(=O)NC)c1cc(CN2CC(C)(C)OC(C)(C)C2)ccc1F. The van der Waals surface area contributed by atoms with E-state index >= 15 is 4.39 Å². The lowest BCUT2D eigenvalue weighted by molar-refractivity contribution is -0.182. The van der Waals surface area contributed by atoms with Gasteiger partial charge in [0.05, 0.1) is 11.2 Å². The highest BCUT2D eigenvalue weighted by Crippen LogP contribution is 2.50. The maximum Gasteiger partial charge on any atom is 0.209 e. The summed E-state index contributed by atoms with van der Waals surface area (Å²) < 4.78 is 21.8. The van der Waals surface area contributed by atoms with Crippen LogP contribution >= 0.6 is 0 Å². The summed E-state index contributed by atoms with van der Waals surface area (Å²) in [5.41, 5.74) is 1.59. The average Bonchev–Trinajstić information content (AvgIpc) is 2.95. The summed E-state index contributed by atoms with van der Waals surface area (Å²) in [5, 5.41) is 3.67. The molecule has 1 unspecified atom stereocenters. The number of carbonyl (C=O) groups excluding carboxylic acids is 3. The van der Waals surface area contributed by atoms with Crippen LogP contribution < -0.4 is 10.6 Å². The van der Waals surface area contributed by atoms with Crippen LogP contribution in [0.4, 0.5) is 10.1 Å². The predicted molar refractivity (Wildman–Crippen MR) is 208 cm³/mol. The zero-order valence-electron chi connectivity index (χ0n) is 30.9. The molecule has 0 saturated carbocycles. The number of amides is 1. The van der Waals surface area contributed by atoms with E-state index in [1.807, 2.05) is 85.1 Å². The Bertz CT molecular complexity index is 1490. The second kappa shape index (κ2) is 13.7. The van der Waals surface area contributed by atoms with Crippen LogP contribution in [-0.2, 0) is 32.8 Å². The predicted octanol–water partition coefficient (Wildman–Crippen LogP) is -3.01. The second-order valence-corrected chi connectivity index (χ2v) is 16.3. The monoisotopic (exact) mass is 638 g/mol. The molecule has 2 aromatic rings. The molecule has 3 rings (SSSR count). The van der Waals surface area contributed by atoms with Gasteiger partial charge in [-0.3, -0.25) is 19.4 Å². The minimum Gasteiger partial charge on any atom is -0.391 e. The van der Waals surface area contributed by atoms with Crippen molar-refractivity contribution in [3.63, 3.8) is 0 Å². The van der Waals surface area contributed by atoms with E-state index in [2.05, 4.69) is 43.2 Å². The van der Waals surface area contributed by atoms with Crippen molar-refractivity contribution in [1.29, 1.82) is 0 Å². The fraction of sp³-hybridized carbons (Fsp3) is 0.516. The molecule has 0 radical (unpaired) electrons. The molecule has 1 fully saturated rings. The van der Waals surface area contributed by atoms with Crippen molar-refractivity contribution in [2.24, 2.45) is 0 Å². The Balaban J connectivity index is 1.98. The molecule has 2 N–H and O–H groups in total. The highest BCUT2D eigenvalue weighted by atomic mass is 19.1. The number of hydrogen-bond donors (Lipinski definition) is 2. The van der Waals surface area contributed by atoms with E-state index in [1.54, 1.807) is 19.2 Å². The molecule has 0 aliphatic carbocycles. The van der Waals surface area contributed by atoms with Crippen LogP contribution in [0.2, 0.25) is 10.4 Å². The van der Waals surface area contributed by atoms with Crippen LogP contribution in [0, 0.1) is 5.82 Å². The van der Waals surface area contributed by atoms with Crippen LogP contribution in [0.5, 0.6) is 0 Å². The summed E-state index contributed by atoms with van der Waals surface area (Å²) in [6.07, 6.45) is 1.68. The van der Waals surface area contributed by atoms with Crippen LogP contribution in [0.25, 0.3) is 0 Å². The number of benzene rings is 2. The van der Waals surface area contributed by atoms with Gasteiger partial charge in [0, 0.05) is 55.3 Å². The lowest BCUT2D eigenvalue weighted by Gasteiger charge is -2.55. The van der Waals surface area contributed by atoms with E-state index in [0.29, 0.717) is 28.9 Å². The Morgan fingerprint density at radius 3 is 2.15 bits per heavy atom. The number of carbonyl (C=O) groups is 3. The number of ether oxygens (including phenoxy) is 1. The molecule has 1 heterocycles. The average molecular weight is 637 g/mol. The van der Waals surface area contributed by atoms with Gasteiger partial charge in [-0.05, 0) is 68.8 Å². The smallest absolute Gasteiger partial charge is 0.209 e. The van der Waals surface area contributed by atoms with Gasteiger partial charge in [-0.25, -0.2) is 4.39 Å². The first-order chi connectivity index (χ1) is 21.5. The van der Waals surface area contributed by atoms with Gasteiger partial charge in [-0.2, -0.15) is 0 Å². The number of halogens is 1. The van der Waals surface area contributed by atoms with Crippen molar-refractivity contribution in [3.05, 3.63) is 64.5 Å². The first-order valence-corrected chi connectivity index (χ1v) is 16.4. The molecule has 0 aromatic heterocycles. The maximum atomic E-state index is 15.6. The Morgan fingerprint density at radius 2 is 1.62 bits per heavy atom. The van der Waals surface area contributed by atoms with E-state index in [4.69, 9.17) is 4.74 Å². The van der Waals surface area contributed by atoms with Crippen molar-refractivity contribution >= 4 is 79.1 Å². The number of likely N-dealkylation sites (N-methyl/N-ethyl adjacent to an activating group) is 1. The Hall–Kier alpha value is -2.69. The van der Waals surface area contributed by atoms with E-state index in [0.717, 1.165) is 31.2 Å². The number of hydrogen-bond acceptors (Lipinski definition) is 7. The largest absolute Gasteiger partial charge is 0.391 e. The normalized spacial score (nSPS) is 18.2. The van der Waals surface area contributed by atoms with E-state index in [9.17, 15) is 14.4 Å². The molecule has 1 amide bonds. The van der Waals surface area contributed by atoms with Gasteiger partial charge >= 0.3 is 0 Å². The van der Waals surface area contributed by atoms with Crippen LogP contribution in [0.1, 0.15) is 54.7 Å². The van der Waals surface area contributed by atoms with Gasteiger partial charge in [0.1, 0.15) is 73.3 Å². The van der Waals surface area contributed by atoms with Crippen molar-refractivity contribution in [2.45, 2.75) is 73.2 Å². The standard InChI is InChI=1S/C31H50B7FN4O4/c1-26(2)16-43(17-27(3,4)47-26)13-19-10-11-23(39)22(12-19)30(35,36)41-24-9-7-8-20(15-44)21(24)14-42(6)28(32,18-45)31(37,38)29(33,34)25(46)40-5/h7-12,15,18,41H,13-14,16-17,32-38H2,1-6H3,(H,40,46). The molecule has 0 bridgehead atoms. The van der Waals surface area contributed by atoms with Crippen LogP contribution in [0.3, 0.4) is 0 Å². The molecule has 2 aromatic carbocycles. The fourth-order valence-corrected chi connectivity index (χ4v) is 7.22. The van der Waals surface area contributed by atoms with Gasteiger partial charge < -0.3 is 20.2 Å². The topological polar surface area (TPSA) is 91.0 Å². The summed E-state index contributed by atoms with van der Waals surface area (Å²) in [6, 6.07) is 10.7. The second-order valence-electron chi connectivity index (χ2n) is 16.3. The number of morpholine rings is 1. The van der Waals surface area contributed by atoms with Crippen LogP contribution in [0.15, 0.2) is 36.4 Å². The van der Waals surface area contributed by atoms with E-state index in [-0.39, 0.29) is 29.5 Å². The Labute approximate surface area is 287 Å². The minimum atomic E-state index is -1.10. The van der Waals surface area contributed by atoms with Gasteiger partial charge in [-0.1, -0.05) is 29.5 Å². The summed E-state index contributed by atoms with van der Waals surface area (Å²) in [7, 11) is 16.6. The maximum absolute atomic E-state index is 15.6. The summed E-state index contributed by atoms with van der Waals surface area (Å²) >= 11 is 0. The zero-order valence-corrected chi connectivity index (χ0v) is 30.9. The first-order valence-electron chi connectivity index (χ1n) is 16.4. The molecule has 8 nitrogen and oxygen atoms in total. The van der Waals surface area contributed by atoms with Crippen molar-refractivity contribution in [2.75, 3.05) is 32.5 Å². The minimum absolute atomic E-state index is 0.174. The van der Waals surface area contributed by atoms with Crippen molar-refractivity contribution in [1.82, 2.24) is 15.1 Å².